The van der Waals surface area contributed by atoms with Crippen LogP contribution in [0.15, 0.2) is 36.5 Å². The quantitative estimate of drug-likeness (QED) is 0.616. The van der Waals surface area contributed by atoms with E-state index in [2.05, 4.69) is 20.3 Å². The molecule has 0 fully saturated rings. The molecule has 0 radical (unpaired) electrons. The van der Waals surface area contributed by atoms with Gasteiger partial charge in [0.15, 0.2) is 5.65 Å². The van der Waals surface area contributed by atoms with E-state index in [1.807, 2.05) is 25.1 Å². The molecule has 3 heterocycles. The fourth-order valence-corrected chi connectivity index (χ4v) is 2.62. The van der Waals surface area contributed by atoms with Crippen LogP contribution in [0.2, 0.25) is 0 Å². The lowest BCUT2D eigenvalue weighted by Crippen LogP contribution is -1.95. The number of halogens is 2. The molecule has 0 bridgehead atoms. The molecule has 0 aliphatic rings. The number of aromatic nitrogens is 5. The molecule has 0 amide bonds. The van der Waals surface area contributed by atoms with Crippen LogP contribution >= 0.6 is 0 Å². The van der Waals surface area contributed by atoms with Crippen LogP contribution in [0, 0.1) is 6.92 Å². The van der Waals surface area contributed by atoms with Gasteiger partial charge in [-0.2, -0.15) is 5.10 Å². The molecule has 1 aromatic carbocycles. The predicted octanol–water partition coefficient (Wildman–Crippen LogP) is 3.52. The lowest BCUT2D eigenvalue weighted by Gasteiger charge is -2.06. The Kier molecular flexibility index (Phi) is 2.69. The molecule has 0 aliphatic carbocycles. The normalized spacial score (nSPS) is 11.8. The van der Waals surface area contributed by atoms with Crippen molar-refractivity contribution >= 4 is 16.6 Å². The number of nitrogens with one attached hydrogen (secondary N) is 1. The van der Waals surface area contributed by atoms with E-state index >= 15 is 0 Å². The van der Waals surface area contributed by atoms with E-state index in [4.69, 9.17) is 0 Å². The zero-order valence-electron chi connectivity index (χ0n) is 11.6. The van der Waals surface area contributed by atoms with Crippen LogP contribution < -0.4 is 0 Å². The number of H-pyrrole nitrogens is 1. The summed E-state index contributed by atoms with van der Waals surface area (Å²) in [7, 11) is 0. The van der Waals surface area contributed by atoms with Gasteiger partial charge < -0.3 is 0 Å². The van der Waals surface area contributed by atoms with E-state index < -0.39 is 12.2 Å². The minimum absolute atomic E-state index is 0.401. The first-order chi connectivity index (χ1) is 10.6. The van der Waals surface area contributed by atoms with Crippen molar-refractivity contribution in [3.8, 4) is 11.3 Å². The molecule has 7 heteroatoms. The van der Waals surface area contributed by atoms with E-state index in [0.29, 0.717) is 11.3 Å². The number of hydrogen-bond acceptors (Lipinski definition) is 3. The summed E-state index contributed by atoms with van der Waals surface area (Å²) < 4.78 is 27.1. The van der Waals surface area contributed by atoms with Gasteiger partial charge in [0.25, 0.3) is 6.43 Å². The monoisotopic (exact) mass is 299 g/mol. The van der Waals surface area contributed by atoms with Crippen molar-refractivity contribution in [3.63, 3.8) is 0 Å². The zero-order chi connectivity index (χ0) is 15.3. The van der Waals surface area contributed by atoms with E-state index in [-0.39, 0.29) is 0 Å². The minimum atomic E-state index is -2.69. The van der Waals surface area contributed by atoms with Gasteiger partial charge in [-0.25, -0.2) is 18.3 Å². The van der Waals surface area contributed by atoms with Crippen molar-refractivity contribution in [2.24, 2.45) is 0 Å². The molecule has 0 aliphatic heterocycles. The van der Waals surface area contributed by atoms with Gasteiger partial charge in [0.2, 0.25) is 5.82 Å². The number of fused-ring (bicyclic) bond motifs is 2. The van der Waals surface area contributed by atoms with Crippen molar-refractivity contribution in [3.05, 3.63) is 47.9 Å². The first-order valence-corrected chi connectivity index (χ1v) is 6.71. The Labute approximate surface area is 123 Å². The largest absolute Gasteiger partial charge is 0.299 e. The Balaban J connectivity index is 1.99. The molecule has 0 saturated heterocycles. The molecule has 3 aromatic heterocycles. The van der Waals surface area contributed by atoms with Gasteiger partial charge in [0.05, 0.1) is 17.4 Å². The smallest absolute Gasteiger partial charge is 0.278 e. The first-order valence-electron chi connectivity index (χ1n) is 6.71. The summed E-state index contributed by atoms with van der Waals surface area (Å²) in [5, 5.41) is 11.8. The number of alkyl halides is 2. The number of aryl methyl sites for hydroxylation is 1. The summed E-state index contributed by atoms with van der Waals surface area (Å²) >= 11 is 0. The highest BCUT2D eigenvalue weighted by Gasteiger charge is 2.16. The second kappa shape index (κ2) is 4.59. The molecule has 5 nitrogen and oxygen atoms in total. The third-order valence-corrected chi connectivity index (χ3v) is 3.61. The molecule has 0 spiro atoms. The van der Waals surface area contributed by atoms with Gasteiger partial charge in [0.1, 0.15) is 0 Å². The second-order valence-corrected chi connectivity index (χ2v) is 5.08. The fraction of sp³-hybridized carbons (Fsp3) is 0.133. The number of hydrogen-bond donors (Lipinski definition) is 1. The Morgan fingerprint density at radius 1 is 1.23 bits per heavy atom. The SMILES string of the molecule is Cc1cc(-c2cccc3nc(C(F)F)nn23)cc2cn[nH]c12. The summed E-state index contributed by atoms with van der Waals surface area (Å²) in [6.07, 6.45) is -0.955. The molecule has 22 heavy (non-hydrogen) atoms. The third-order valence-electron chi connectivity index (χ3n) is 3.61. The summed E-state index contributed by atoms with van der Waals surface area (Å²) in [6.45, 7) is 1.97. The summed E-state index contributed by atoms with van der Waals surface area (Å²) in [6, 6.07) is 9.19. The molecule has 4 rings (SSSR count). The maximum atomic E-state index is 12.8. The van der Waals surface area contributed by atoms with E-state index in [0.717, 1.165) is 22.0 Å². The molecular formula is C15H11F2N5. The van der Waals surface area contributed by atoms with Gasteiger partial charge in [-0.05, 0) is 36.8 Å². The first kappa shape index (κ1) is 12.9. The van der Waals surface area contributed by atoms with Gasteiger partial charge in [-0.15, -0.1) is 5.10 Å². The molecule has 0 unspecified atom stereocenters. The van der Waals surface area contributed by atoms with Gasteiger partial charge in [0, 0.05) is 10.9 Å². The zero-order valence-corrected chi connectivity index (χ0v) is 11.6. The highest BCUT2D eigenvalue weighted by molar-refractivity contribution is 5.86. The standard InChI is InChI=1S/C15H11F2N5/c1-8-5-9(6-10-7-18-20-13(8)10)11-3-2-4-12-19-15(14(16)17)21-22(11)12/h2-7,14H,1H3,(H,18,20). The average molecular weight is 299 g/mol. The van der Waals surface area contributed by atoms with Gasteiger partial charge >= 0.3 is 0 Å². The predicted molar refractivity (Wildman–Crippen MR) is 77.8 cm³/mol. The Bertz CT molecular complexity index is 986. The number of aromatic amines is 1. The maximum Gasteiger partial charge on any atom is 0.299 e. The van der Waals surface area contributed by atoms with Gasteiger partial charge in [-0.3, -0.25) is 5.10 Å². The summed E-state index contributed by atoms with van der Waals surface area (Å²) in [5.41, 5.74) is 3.97. The Morgan fingerprint density at radius 2 is 2.09 bits per heavy atom. The lowest BCUT2D eigenvalue weighted by atomic mass is 10.0. The summed E-state index contributed by atoms with van der Waals surface area (Å²) in [5.74, 6) is -0.464. The van der Waals surface area contributed by atoms with Crippen LogP contribution in [0.4, 0.5) is 8.78 Å². The molecular weight excluding hydrogens is 288 g/mol. The molecule has 0 atom stereocenters. The van der Waals surface area contributed by atoms with Crippen molar-refractivity contribution in [1.29, 1.82) is 0 Å². The van der Waals surface area contributed by atoms with Crippen molar-refractivity contribution < 1.29 is 8.78 Å². The highest BCUT2D eigenvalue weighted by Crippen LogP contribution is 2.27. The Morgan fingerprint density at radius 3 is 2.91 bits per heavy atom. The third kappa shape index (κ3) is 1.86. The average Bonchev–Trinajstić information content (AvgIpc) is 3.13. The maximum absolute atomic E-state index is 12.8. The number of nitrogens with zero attached hydrogens (tertiary/aromatic N) is 4. The lowest BCUT2D eigenvalue weighted by molar-refractivity contribution is 0.140. The van der Waals surface area contributed by atoms with Crippen molar-refractivity contribution in [2.45, 2.75) is 13.3 Å². The highest BCUT2D eigenvalue weighted by atomic mass is 19.3. The van der Waals surface area contributed by atoms with Crippen LogP contribution in [0.5, 0.6) is 0 Å². The molecule has 4 aromatic rings. The molecule has 0 saturated carbocycles. The summed E-state index contributed by atoms with van der Waals surface area (Å²) in [4.78, 5) is 3.86. The van der Waals surface area contributed by atoms with Crippen LogP contribution in [-0.2, 0) is 0 Å². The van der Waals surface area contributed by atoms with Crippen molar-refractivity contribution in [2.75, 3.05) is 0 Å². The number of benzene rings is 1. The number of pyridine rings is 1. The van der Waals surface area contributed by atoms with Crippen molar-refractivity contribution in [1.82, 2.24) is 24.8 Å². The Hall–Kier alpha value is -2.83. The minimum Gasteiger partial charge on any atom is -0.278 e. The van der Waals surface area contributed by atoms with E-state index in [1.165, 1.54) is 4.52 Å². The molecule has 1 N–H and O–H groups in total. The van der Waals surface area contributed by atoms with Crippen LogP contribution in [0.3, 0.4) is 0 Å². The second-order valence-electron chi connectivity index (χ2n) is 5.08. The van der Waals surface area contributed by atoms with Crippen LogP contribution in [0.1, 0.15) is 17.8 Å². The van der Waals surface area contributed by atoms with Crippen LogP contribution in [0.25, 0.3) is 27.8 Å². The van der Waals surface area contributed by atoms with Crippen LogP contribution in [-0.4, -0.2) is 24.8 Å². The van der Waals surface area contributed by atoms with E-state index in [1.54, 1.807) is 18.3 Å². The molecule has 110 valence electrons. The topological polar surface area (TPSA) is 58.9 Å². The fourth-order valence-electron chi connectivity index (χ4n) is 2.62. The number of rotatable bonds is 2. The van der Waals surface area contributed by atoms with Gasteiger partial charge in [-0.1, -0.05) is 6.07 Å². The van der Waals surface area contributed by atoms with E-state index in [9.17, 15) is 8.78 Å².